The van der Waals surface area contributed by atoms with Crippen LogP contribution in [0.1, 0.15) is 26.3 Å². The third-order valence-corrected chi connectivity index (χ3v) is 4.80. The summed E-state index contributed by atoms with van der Waals surface area (Å²) in [7, 11) is 3.31. The SMILES string of the molecule is CCNC(=NCC1CN(CC(C)C)CCO1)NCCc1ccc(OC)c(OC)c1.I. The van der Waals surface area contributed by atoms with Gasteiger partial charge in [0.1, 0.15) is 0 Å². The Hall–Kier alpha value is -1.26. The normalized spacial score (nSPS) is 17.4. The lowest BCUT2D eigenvalue weighted by Crippen LogP contribution is -2.46. The Morgan fingerprint density at radius 3 is 2.67 bits per heavy atom. The first kappa shape index (κ1) is 26.8. The van der Waals surface area contributed by atoms with E-state index in [1.807, 2.05) is 12.1 Å². The summed E-state index contributed by atoms with van der Waals surface area (Å²) < 4.78 is 16.6. The molecule has 0 aliphatic carbocycles. The molecule has 8 heteroatoms. The molecule has 1 unspecified atom stereocenters. The Bertz CT molecular complexity index is 643. The van der Waals surface area contributed by atoms with E-state index in [0.29, 0.717) is 12.5 Å². The number of hydrogen-bond donors (Lipinski definition) is 2. The second kappa shape index (κ2) is 14.7. The van der Waals surface area contributed by atoms with Crippen LogP contribution in [0.2, 0.25) is 0 Å². The van der Waals surface area contributed by atoms with Gasteiger partial charge in [-0.3, -0.25) is 9.89 Å². The van der Waals surface area contributed by atoms with E-state index in [2.05, 4.69) is 42.4 Å². The number of nitrogens with one attached hydrogen (secondary N) is 2. The third kappa shape index (κ3) is 9.26. The van der Waals surface area contributed by atoms with Crippen molar-refractivity contribution in [3.63, 3.8) is 0 Å². The van der Waals surface area contributed by atoms with E-state index in [-0.39, 0.29) is 30.1 Å². The molecule has 172 valence electrons. The average Bonchev–Trinajstić information content (AvgIpc) is 2.71. The van der Waals surface area contributed by atoms with E-state index in [9.17, 15) is 0 Å². The van der Waals surface area contributed by atoms with Crippen LogP contribution >= 0.6 is 24.0 Å². The minimum absolute atomic E-state index is 0. The van der Waals surface area contributed by atoms with Crippen LogP contribution in [0.25, 0.3) is 0 Å². The first-order valence-corrected chi connectivity index (χ1v) is 10.6. The smallest absolute Gasteiger partial charge is 0.191 e. The van der Waals surface area contributed by atoms with E-state index < -0.39 is 0 Å². The quantitative estimate of drug-likeness (QED) is 0.274. The second-order valence-electron chi connectivity index (χ2n) is 7.73. The fourth-order valence-corrected chi connectivity index (χ4v) is 3.47. The summed E-state index contributed by atoms with van der Waals surface area (Å²) in [6, 6.07) is 6.02. The van der Waals surface area contributed by atoms with Crippen molar-refractivity contribution in [2.75, 3.05) is 60.1 Å². The van der Waals surface area contributed by atoms with Crippen molar-refractivity contribution in [2.24, 2.45) is 10.9 Å². The highest BCUT2D eigenvalue weighted by Crippen LogP contribution is 2.27. The molecule has 1 atom stereocenters. The lowest BCUT2D eigenvalue weighted by molar-refractivity contribution is -0.0261. The summed E-state index contributed by atoms with van der Waals surface area (Å²) in [6.45, 7) is 12.7. The number of methoxy groups -OCH3 is 2. The lowest BCUT2D eigenvalue weighted by atomic mass is 10.1. The van der Waals surface area contributed by atoms with Gasteiger partial charge in [0, 0.05) is 32.7 Å². The van der Waals surface area contributed by atoms with Crippen LogP contribution in [0.15, 0.2) is 23.2 Å². The molecule has 1 fully saturated rings. The first-order chi connectivity index (χ1) is 14.0. The highest BCUT2D eigenvalue weighted by molar-refractivity contribution is 14.0. The molecule has 0 amide bonds. The van der Waals surface area contributed by atoms with Gasteiger partial charge in [-0.1, -0.05) is 19.9 Å². The van der Waals surface area contributed by atoms with Gasteiger partial charge < -0.3 is 24.8 Å². The van der Waals surface area contributed by atoms with Gasteiger partial charge in [-0.15, -0.1) is 24.0 Å². The maximum Gasteiger partial charge on any atom is 0.191 e. The summed E-state index contributed by atoms with van der Waals surface area (Å²) in [4.78, 5) is 7.22. The molecule has 1 heterocycles. The van der Waals surface area contributed by atoms with Gasteiger partial charge in [-0.25, -0.2) is 0 Å². The molecule has 1 aromatic carbocycles. The molecule has 30 heavy (non-hydrogen) atoms. The number of morpholine rings is 1. The van der Waals surface area contributed by atoms with Gasteiger partial charge in [0.15, 0.2) is 17.5 Å². The Labute approximate surface area is 199 Å². The molecule has 0 saturated carbocycles. The topological polar surface area (TPSA) is 67.4 Å². The molecule has 1 aromatic rings. The molecule has 0 spiro atoms. The van der Waals surface area contributed by atoms with Crippen molar-refractivity contribution in [3.8, 4) is 11.5 Å². The fourth-order valence-electron chi connectivity index (χ4n) is 3.47. The van der Waals surface area contributed by atoms with Crippen molar-refractivity contribution in [1.82, 2.24) is 15.5 Å². The first-order valence-electron chi connectivity index (χ1n) is 10.6. The lowest BCUT2D eigenvalue weighted by Gasteiger charge is -2.33. The molecule has 0 radical (unpaired) electrons. The number of benzene rings is 1. The molecular weight excluding hydrogens is 495 g/mol. The molecular formula is C22H39IN4O3. The number of aliphatic imine (C=N–C) groups is 1. The zero-order valence-electron chi connectivity index (χ0n) is 19.1. The fraction of sp³-hybridized carbons (Fsp3) is 0.682. The molecule has 2 rings (SSSR count). The van der Waals surface area contributed by atoms with Crippen LogP contribution in [0.3, 0.4) is 0 Å². The predicted molar refractivity (Wildman–Crippen MR) is 134 cm³/mol. The second-order valence-corrected chi connectivity index (χ2v) is 7.73. The summed E-state index contributed by atoms with van der Waals surface area (Å²) in [5.41, 5.74) is 1.19. The van der Waals surface area contributed by atoms with Crippen molar-refractivity contribution >= 4 is 29.9 Å². The number of halogens is 1. The molecule has 1 saturated heterocycles. The summed E-state index contributed by atoms with van der Waals surface area (Å²) >= 11 is 0. The standard InChI is InChI=1S/C22H38N4O3.HI/c1-6-23-22(25-14-19-16-26(11-12-29-19)15-17(2)3)24-10-9-18-7-8-20(27-4)21(13-18)28-5;/h7-8,13,17,19H,6,9-12,14-16H2,1-5H3,(H2,23,24,25);1H. The minimum atomic E-state index is 0. The van der Waals surface area contributed by atoms with Crippen LogP contribution in [0.4, 0.5) is 0 Å². The van der Waals surface area contributed by atoms with E-state index in [0.717, 1.165) is 63.2 Å². The van der Waals surface area contributed by atoms with E-state index in [1.165, 1.54) is 5.56 Å². The van der Waals surface area contributed by atoms with Gasteiger partial charge >= 0.3 is 0 Å². The molecule has 7 nitrogen and oxygen atoms in total. The van der Waals surface area contributed by atoms with Crippen molar-refractivity contribution in [2.45, 2.75) is 33.3 Å². The number of hydrogen-bond acceptors (Lipinski definition) is 5. The number of rotatable bonds is 10. The van der Waals surface area contributed by atoms with Gasteiger partial charge in [-0.2, -0.15) is 0 Å². The molecule has 0 bridgehead atoms. The minimum Gasteiger partial charge on any atom is -0.493 e. The molecule has 1 aliphatic rings. The van der Waals surface area contributed by atoms with Gasteiger partial charge in [-0.05, 0) is 37.0 Å². The van der Waals surface area contributed by atoms with Crippen LogP contribution in [-0.4, -0.2) is 77.1 Å². The maximum atomic E-state index is 5.91. The number of guanidine groups is 1. The number of ether oxygens (including phenoxy) is 3. The van der Waals surface area contributed by atoms with Crippen molar-refractivity contribution in [3.05, 3.63) is 23.8 Å². The monoisotopic (exact) mass is 534 g/mol. The average molecular weight is 534 g/mol. The van der Waals surface area contributed by atoms with E-state index in [1.54, 1.807) is 14.2 Å². The third-order valence-electron chi connectivity index (χ3n) is 4.80. The van der Waals surface area contributed by atoms with Crippen LogP contribution in [0.5, 0.6) is 11.5 Å². The summed E-state index contributed by atoms with van der Waals surface area (Å²) in [6.07, 6.45) is 1.02. The predicted octanol–water partition coefficient (Wildman–Crippen LogP) is 2.78. The Morgan fingerprint density at radius 1 is 1.23 bits per heavy atom. The number of nitrogens with zero attached hydrogens (tertiary/aromatic N) is 2. The maximum absolute atomic E-state index is 5.91. The van der Waals surface area contributed by atoms with Gasteiger partial charge in [0.05, 0.1) is 33.5 Å². The molecule has 1 aliphatic heterocycles. The van der Waals surface area contributed by atoms with Gasteiger partial charge in [0.25, 0.3) is 0 Å². The largest absolute Gasteiger partial charge is 0.493 e. The summed E-state index contributed by atoms with van der Waals surface area (Å²) in [5.74, 6) is 3.01. The Kier molecular flexibility index (Phi) is 13.1. The summed E-state index contributed by atoms with van der Waals surface area (Å²) in [5, 5.41) is 6.73. The Balaban J connectivity index is 0.00000450. The zero-order valence-corrected chi connectivity index (χ0v) is 21.4. The highest BCUT2D eigenvalue weighted by Gasteiger charge is 2.20. The van der Waals surface area contributed by atoms with E-state index >= 15 is 0 Å². The van der Waals surface area contributed by atoms with Crippen LogP contribution in [0, 0.1) is 5.92 Å². The Morgan fingerprint density at radius 2 is 2.00 bits per heavy atom. The van der Waals surface area contributed by atoms with Crippen molar-refractivity contribution in [1.29, 1.82) is 0 Å². The van der Waals surface area contributed by atoms with Crippen LogP contribution in [-0.2, 0) is 11.2 Å². The van der Waals surface area contributed by atoms with Crippen LogP contribution < -0.4 is 20.1 Å². The van der Waals surface area contributed by atoms with E-state index in [4.69, 9.17) is 19.2 Å². The molecule has 0 aromatic heterocycles. The van der Waals surface area contributed by atoms with Crippen molar-refractivity contribution < 1.29 is 14.2 Å². The highest BCUT2D eigenvalue weighted by atomic mass is 127. The zero-order chi connectivity index (χ0) is 21.1. The van der Waals surface area contributed by atoms with Gasteiger partial charge in [0.2, 0.25) is 0 Å². The molecule has 2 N–H and O–H groups in total.